The van der Waals surface area contributed by atoms with Gasteiger partial charge in [0, 0.05) is 16.4 Å². The summed E-state index contributed by atoms with van der Waals surface area (Å²) in [5.41, 5.74) is 3.34. The lowest BCUT2D eigenvalue weighted by Crippen LogP contribution is -2.26. The average Bonchev–Trinajstić information content (AvgIpc) is 3.19. The van der Waals surface area contributed by atoms with Gasteiger partial charge in [-0.25, -0.2) is 4.98 Å². The van der Waals surface area contributed by atoms with E-state index in [4.69, 9.17) is 9.72 Å². The zero-order valence-electron chi connectivity index (χ0n) is 18.7. The Morgan fingerprint density at radius 1 is 1.19 bits per heavy atom. The normalized spacial score (nSPS) is 11.1. The zero-order chi connectivity index (χ0) is 22.8. The van der Waals surface area contributed by atoms with Crippen LogP contribution in [0.25, 0.3) is 21.3 Å². The number of rotatable bonds is 6. The number of nitrogens with zero attached hydrogens (tertiary/aromatic N) is 3. The first-order valence-corrected chi connectivity index (χ1v) is 11.5. The Hall–Kier alpha value is -3.43. The molecule has 0 aliphatic carbocycles. The molecule has 0 aliphatic heterocycles. The van der Waals surface area contributed by atoms with Gasteiger partial charge in [0.15, 0.2) is 0 Å². The van der Waals surface area contributed by atoms with Gasteiger partial charge in [0.25, 0.3) is 5.56 Å². The first-order chi connectivity index (χ1) is 15.5. The molecule has 0 bridgehead atoms. The van der Waals surface area contributed by atoms with Gasteiger partial charge in [-0.15, -0.1) is 11.3 Å². The molecule has 0 amide bonds. The lowest BCUT2D eigenvalue weighted by Gasteiger charge is -2.16. The molecule has 0 saturated carbocycles. The van der Waals surface area contributed by atoms with Crippen molar-refractivity contribution < 1.29 is 4.74 Å². The molecule has 4 aromatic rings. The van der Waals surface area contributed by atoms with E-state index in [0.29, 0.717) is 17.5 Å². The van der Waals surface area contributed by atoms with E-state index in [9.17, 15) is 10.1 Å². The van der Waals surface area contributed by atoms with Crippen LogP contribution in [0.15, 0.2) is 53.3 Å². The van der Waals surface area contributed by atoms with Crippen molar-refractivity contribution in [3.05, 3.63) is 80.7 Å². The number of nitriles is 1. The van der Waals surface area contributed by atoms with Crippen molar-refractivity contribution >= 4 is 21.6 Å². The molecule has 0 fully saturated rings. The first-order valence-electron chi connectivity index (χ1n) is 10.7. The zero-order valence-corrected chi connectivity index (χ0v) is 19.5. The fourth-order valence-corrected chi connectivity index (χ4v) is 5.12. The number of fused-ring (bicyclic) bond motifs is 1. The van der Waals surface area contributed by atoms with Gasteiger partial charge in [-0.2, -0.15) is 5.26 Å². The second-order valence-corrected chi connectivity index (χ2v) is 9.08. The maximum Gasteiger partial charge on any atom is 0.263 e. The summed E-state index contributed by atoms with van der Waals surface area (Å²) in [6, 6.07) is 17.4. The van der Waals surface area contributed by atoms with Gasteiger partial charge in [0.05, 0.1) is 30.7 Å². The standard InChI is InChI=1S/C26H25N3O2S/c1-5-21-22(19-10-7-11-20(13-19)31-4)23-25(32-21)28-24(16(2)3)29(26(23)30)15-18-9-6-8-17(12-18)14-27/h6-13,16H,5,15H2,1-4H3. The molecule has 0 saturated heterocycles. The number of ether oxygens (including phenoxy) is 1. The Labute approximate surface area is 191 Å². The van der Waals surface area contributed by atoms with Crippen molar-refractivity contribution in [2.45, 2.75) is 39.7 Å². The molecule has 0 radical (unpaired) electrons. The van der Waals surface area contributed by atoms with Crippen LogP contribution in [0.2, 0.25) is 0 Å². The molecule has 4 rings (SSSR count). The molecular weight excluding hydrogens is 418 g/mol. The third kappa shape index (κ3) is 3.92. The van der Waals surface area contributed by atoms with Crippen molar-refractivity contribution in [2.24, 2.45) is 0 Å². The second kappa shape index (κ2) is 8.97. The van der Waals surface area contributed by atoms with Gasteiger partial charge in [0.1, 0.15) is 16.4 Å². The largest absolute Gasteiger partial charge is 0.497 e. The molecule has 0 unspecified atom stereocenters. The number of aromatic nitrogens is 2. The van der Waals surface area contributed by atoms with Crippen LogP contribution < -0.4 is 10.3 Å². The lowest BCUT2D eigenvalue weighted by atomic mass is 10.0. The van der Waals surface area contributed by atoms with Crippen LogP contribution in [0.5, 0.6) is 5.75 Å². The van der Waals surface area contributed by atoms with E-state index < -0.39 is 0 Å². The number of aryl methyl sites for hydroxylation is 1. The van der Waals surface area contributed by atoms with Crippen molar-refractivity contribution in [1.82, 2.24) is 9.55 Å². The fourth-order valence-electron chi connectivity index (χ4n) is 3.99. The predicted molar refractivity (Wildman–Crippen MR) is 130 cm³/mol. The second-order valence-electron chi connectivity index (χ2n) is 7.99. The minimum atomic E-state index is -0.0465. The minimum Gasteiger partial charge on any atom is -0.497 e. The summed E-state index contributed by atoms with van der Waals surface area (Å²) in [5, 5.41) is 9.92. The molecule has 0 aliphatic rings. The maximum absolute atomic E-state index is 13.9. The highest BCUT2D eigenvalue weighted by Gasteiger charge is 2.22. The van der Waals surface area contributed by atoms with Crippen LogP contribution in [0.3, 0.4) is 0 Å². The highest BCUT2D eigenvalue weighted by Crippen LogP contribution is 2.38. The van der Waals surface area contributed by atoms with E-state index in [0.717, 1.165) is 44.4 Å². The Kier molecular flexibility index (Phi) is 6.11. The minimum absolute atomic E-state index is 0.0465. The molecule has 0 spiro atoms. The van der Waals surface area contributed by atoms with Crippen LogP contribution in [0.1, 0.15) is 48.5 Å². The number of hydrogen-bond donors (Lipinski definition) is 0. The molecular formula is C26H25N3O2S. The van der Waals surface area contributed by atoms with Gasteiger partial charge in [-0.1, -0.05) is 45.0 Å². The Morgan fingerprint density at radius 3 is 2.66 bits per heavy atom. The van der Waals surface area contributed by atoms with Crippen molar-refractivity contribution in [3.8, 4) is 22.9 Å². The molecule has 2 heterocycles. The van der Waals surface area contributed by atoms with Crippen LogP contribution in [0.4, 0.5) is 0 Å². The monoisotopic (exact) mass is 443 g/mol. The number of benzene rings is 2. The van der Waals surface area contributed by atoms with Crippen molar-refractivity contribution in [2.75, 3.05) is 7.11 Å². The molecule has 0 N–H and O–H groups in total. The van der Waals surface area contributed by atoms with E-state index in [-0.39, 0.29) is 11.5 Å². The third-order valence-electron chi connectivity index (χ3n) is 5.51. The van der Waals surface area contributed by atoms with Gasteiger partial charge < -0.3 is 4.74 Å². The molecule has 162 valence electrons. The topological polar surface area (TPSA) is 67.9 Å². The smallest absolute Gasteiger partial charge is 0.263 e. The van der Waals surface area contributed by atoms with Gasteiger partial charge >= 0.3 is 0 Å². The molecule has 0 atom stereocenters. The first kappa shape index (κ1) is 21.8. The predicted octanol–water partition coefficient (Wildman–Crippen LogP) is 5.74. The Morgan fingerprint density at radius 2 is 1.97 bits per heavy atom. The SMILES string of the molecule is CCc1sc2nc(C(C)C)n(Cc3cccc(C#N)c3)c(=O)c2c1-c1cccc(OC)c1. The molecule has 6 heteroatoms. The van der Waals surface area contributed by atoms with Gasteiger partial charge in [-0.05, 0) is 41.8 Å². The fraction of sp³-hybridized carbons (Fsp3) is 0.269. The van der Waals surface area contributed by atoms with E-state index >= 15 is 0 Å². The number of thiophene rings is 1. The summed E-state index contributed by atoms with van der Waals surface area (Å²) >= 11 is 1.59. The van der Waals surface area contributed by atoms with E-state index in [1.807, 2.05) is 56.3 Å². The summed E-state index contributed by atoms with van der Waals surface area (Å²) in [4.78, 5) is 20.8. The van der Waals surface area contributed by atoms with Crippen LogP contribution in [-0.4, -0.2) is 16.7 Å². The summed E-state index contributed by atoms with van der Waals surface area (Å²) in [7, 11) is 1.64. The average molecular weight is 444 g/mol. The van der Waals surface area contributed by atoms with E-state index in [1.165, 1.54) is 0 Å². The van der Waals surface area contributed by atoms with Crippen LogP contribution in [0, 0.1) is 11.3 Å². The Balaban J connectivity index is 1.99. The van der Waals surface area contributed by atoms with Gasteiger partial charge in [0.2, 0.25) is 0 Å². The molecule has 2 aromatic heterocycles. The number of methoxy groups -OCH3 is 1. The molecule has 5 nitrogen and oxygen atoms in total. The highest BCUT2D eigenvalue weighted by molar-refractivity contribution is 7.19. The molecule has 32 heavy (non-hydrogen) atoms. The lowest BCUT2D eigenvalue weighted by molar-refractivity contribution is 0.415. The van der Waals surface area contributed by atoms with Gasteiger partial charge in [-0.3, -0.25) is 9.36 Å². The van der Waals surface area contributed by atoms with Crippen molar-refractivity contribution in [3.63, 3.8) is 0 Å². The van der Waals surface area contributed by atoms with Crippen LogP contribution in [-0.2, 0) is 13.0 Å². The quantitative estimate of drug-likeness (QED) is 0.381. The summed E-state index contributed by atoms with van der Waals surface area (Å²) < 4.78 is 7.19. The van der Waals surface area contributed by atoms with E-state index in [1.54, 1.807) is 29.1 Å². The highest BCUT2D eigenvalue weighted by atomic mass is 32.1. The van der Waals surface area contributed by atoms with Crippen molar-refractivity contribution in [1.29, 1.82) is 5.26 Å². The summed E-state index contributed by atoms with van der Waals surface area (Å²) in [6.45, 7) is 6.57. The summed E-state index contributed by atoms with van der Waals surface area (Å²) in [6.07, 6.45) is 0.814. The maximum atomic E-state index is 13.9. The number of hydrogen-bond acceptors (Lipinski definition) is 5. The van der Waals surface area contributed by atoms with E-state index in [2.05, 4.69) is 13.0 Å². The summed E-state index contributed by atoms with van der Waals surface area (Å²) in [5.74, 6) is 1.59. The van der Waals surface area contributed by atoms with Crippen LogP contribution >= 0.6 is 11.3 Å². The third-order valence-corrected chi connectivity index (χ3v) is 6.73. The Bertz CT molecular complexity index is 1390. The molecule has 2 aromatic carbocycles.